The van der Waals surface area contributed by atoms with Crippen molar-refractivity contribution in [2.24, 2.45) is 0 Å². The number of fused-ring (bicyclic) bond motifs is 1. The number of imidazole rings is 1. The van der Waals surface area contributed by atoms with Crippen LogP contribution in [0, 0.1) is 6.92 Å². The van der Waals surface area contributed by atoms with Gasteiger partial charge >= 0.3 is 0 Å². The molecule has 24 heavy (non-hydrogen) atoms. The summed E-state index contributed by atoms with van der Waals surface area (Å²) in [6.07, 6.45) is -0.596. The normalized spacial score (nSPS) is 12.7. The number of aryl methyl sites for hydroxylation is 1. The zero-order valence-corrected chi connectivity index (χ0v) is 14.4. The first-order chi connectivity index (χ1) is 11.5. The Morgan fingerprint density at radius 3 is 2.50 bits per heavy atom. The van der Waals surface area contributed by atoms with Gasteiger partial charge < -0.3 is 14.4 Å². The summed E-state index contributed by atoms with van der Waals surface area (Å²) in [4.78, 5) is 4.70. The van der Waals surface area contributed by atoms with Gasteiger partial charge in [0.2, 0.25) is 0 Å². The molecule has 2 aromatic carbocycles. The number of aliphatic hydroxyl groups is 1. The van der Waals surface area contributed by atoms with E-state index in [9.17, 15) is 5.11 Å². The van der Waals surface area contributed by atoms with Crippen LogP contribution in [0.1, 0.15) is 31.2 Å². The Bertz CT molecular complexity index is 806. The SMILES string of the molecule is Cc1ccc(OC[C@H](O)Cn2c(C(C)C)nc3ccccc32)cc1. The molecule has 0 aliphatic heterocycles. The van der Waals surface area contributed by atoms with Gasteiger partial charge in [0.15, 0.2) is 0 Å². The lowest BCUT2D eigenvalue weighted by atomic mass is 10.2. The molecule has 0 aliphatic carbocycles. The van der Waals surface area contributed by atoms with Crippen LogP contribution in [0.25, 0.3) is 11.0 Å². The monoisotopic (exact) mass is 324 g/mol. The molecule has 1 atom stereocenters. The van der Waals surface area contributed by atoms with Crippen LogP contribution in [0.3, 0.4) is 0 Å². The molecule has 0 spiro atoms. The molecule has 3 aromatic rings. The number of benzene rings is 2. The van der Waals surface area contributed by atoms with E-state index in [4.69, 9.17) is 9.72 Å². The first kappa shape index (κ1) is 16.5. The van der Waals surface area contributed by atoms with Gasteiger partial charge in [0.05, 0.1) is 17.6 Å². The number of nitrogens with zero attached hydrogens (tertiary/aromatic N) is 2. The fraction of sp³-hybridized carbons (Fsp3) is 0.350. The van der Waals surface area contributed by atoms with E-state index in [0.29, 0.717) is 12.5 Å². The Balaban J connectivity index is 1.73. The number of rotatable bonds is 6. The van der Waals surface area contributed by atoms with Crippen molar-refractivity contribution in [1.82, 2.24) is 9.55 Å². The quantitative estimate of drug-likeness (QED) is 0.748. The van der Waals surface area contributed by atoms with Crippen LogP contribution in [0.4, 0.5) is 0 Å². The van der Waals surface area contributed by atoms with E-state index >= 15 is 0 Å². The average molecular weight is 324 g/mol. The Morgan fingerprint density at radius 1 is 1.08 bits per heavy atom. The van der Waals surface area contributed by atoms with Gasteiger partial charge in [-0.1, -0.05) is 43.7 Å². The number of aliphatic hydroxyl groups excluding tert-OH is 1. The van der Waals surface area contributed by atoms with Gasteiger partial charge in [-0.25, -0.2) is 4.98 Å². The summed E-state index contributed by atoms with van der Waals surface area (Å²) < 4.78 is 7.80. The lowest BCUT2D eigenvalue weighted by Gasteiger charge is -2.17. The van der Waals surface area contributed by atoms with Gasteiger partial charge in [0, 0.05) is 5.92 Å². The highest BCUT2D eigenvalue weighted by Crippen LogP contribution is 2.22. The van der Waals surface area contributed by atoms with Crippen LogP contribution in [0.2, 0.25) is 0 Å². The molecule has 0 radical (unpaired) electrons. The fourth-order valence-corrected chi connectivity index (χ4v) is 2.82. The Morgan fingerprint density at radius 2 is 1.79 bits per heavy atom. The van der Waals surface area contributed by atoms with Crippen molar-refractivity contribution in [3.8, 4) is 5.75 Å². The largest absolute Gasteiger partial charge is 0.491 e. The van der Waals surface area contributed by atoms with Crippen LogP contribution >= 0.6 is 0 Å². The first-order valence-electron chi connectivity index (χ1n) is 8.37. The number of hydrogen-bond donors (Lipinski definition) is 1. The molecular weight excluding hydrogens is 300 g/mol. The number of hydrogen-bond acceptors (Lipinski definition) is 3. The van der Waals surface area contributed by atoms with Crippen LogP contribution in [-0.2, 0) is 6.54 Å². The molecule has 1 aromatic heterocycles. The second-order valence-electron chi connectivity index (χ2n) is 6.50. The predicted octanol–water partition coefficient (Wildman–Crippen LogP) is 3.91. The zero-order chi connectivity index (χ0) is 17.1. The molecule has 1 heterocycles. The van der Waals surface area contributed by atoms with Crippen molar-refractivity contribution in [1.29, 1.82) is 0 Å². The average Bonchev–Trinajstić information content (AvgIpc) is 2.93. The second kappa shape index (κ2) is 7.05. The van der Waals surface area contributed by atoms with Crippen LogP contribution in [-0.4, -0.2) is 27.4 Å². The third-order valence-electron chi connectivity index (χ3n) is 4.06. The van der Waals surface area contributed by atoms with Crippen LogP contribution in [0.15, 0.2) is 48.5 Å². The standard InChI is InChI=1S/C20H24N2O2/c1-14(2)20-21-18-6-4-5-7-19(18)22(20)12-16(23)13-24-17-10-8-15(3)9-11-17/h4-11,14,16,23H,12-13H2,1-3H3/t16-/m1/s1. The van der Waals surface area contributed by atoms with E-state index < -0.39 is 6.10 Å². The fourth-order valence-electron chi connectivity index (χ4n) is 2.82. The molecular formula is C20H24N2O2. The molecule has 0 saturated heterocycles. The minimum absolute atomic E-state index is 0.257. The van der Waals surface area contributed by atoms with Crippen molar-refractivity contribution >= 4 is 11.0 Å². The van der Waals surface area contributed by atoms with Crippen molar-refractivity contribution in [2.75, 3.05) is 6.61 Å². The minimum Gasteiger partial charge on any atom is -0.491 e. The summed E-state index contributed by atoms with van der Waals surface area (Å²) in [5, 5.41) is 10.4. The van der Waals surface area contributed by atoms with Crippen LogP contribution < -0.4 is 4.74 Å². The lowest BCUT2D eigenvalue weighted by Crippen LogP contribution is -2.24. The van der Waals surface area contributed by atoms with Gasteiger partial charge in [-0.3, -0.25) is 0 Å². The molecule has 0 bridgehead atoms. The Hall–Kier alpha value is -2.33. The minimum atomic E-state index is -0.596. The molecule has 0 amide bonds. The second-order valence-corrected chi connectivity index (χ2v) is 6.50. The highest BCUT2D eigenvalue weighted by Gasteiger charge is 2.16. The van der Waals surface area contributed by atoms with Gasteiger partial charge in [-0.15, -0.1) is 0 Å². The van der Waals surface area contributed by atoms with E-state index in [2.05, 4.69) is 18.4 Å². The van der Waals surface area contributed by atoms with Crippen molar-refractivity contribution < 1.29 is 9.84 Å². The number of ether oxygens (including phenoxy) is 1. The smallest absolute Gasteiger partial charge is 0.119 e. The summed E-state index contributed by atoms with van der Waals surface area (Å²) in [6.45, 7) is 7.00. The number of para-hydroxylation sites is 2. The molecule has 4 heteroatoms. The summed E-state index contributed by atoms with van der Waals surface area (Å²) in [5.41, 5.74) is 3.21. The van der Waals surface area contributed by atoms with Gasteiger partial charge in [-0.05, 0) is 31.2 Å². The third kappa shape index (κ3) is 3.60. The van der Waals surface area contributed by atoms with Crippen molar-refractivity contribution in [3.63, 3.8) is 0 Å². The maximum Gasteiger partial charge on any atom is 0.119 e. The molecule has 0 aliphatic rings. The summed E-state index contributed by atoms with van der Waals surface area (Å²) >= 11 is 0. The Labute approximate surface area is 142 Å². The molecule has 3 rings (SSSR count). The maximum atomic E-state index is 10.4. The third-order valence-corrected chi connectivity index (χ3v) is 4.06. The molecule has 126 valence electrons. The van der Waals surface area contributed by atoms with E-state index in [-0.39, 0.29) is 6.61 Å². The maximum absolute atomic E-state index is 10.4. The summed E-state index contributed by atoms with van der Waals surface area (Å²) in [5.74, 6) is 2.06. The van der Waals surface area contributed by atoms with Crippen molar-refractivity contribution in [2.45, 2.75) is 39.3 Å². The van der Waals surface area contributed by atoms with E-state index in [1.807, 2.05) is 55.5 Å². The number of aromatic nitrogens is 2. The molecule has 0 fully saturated rings. The van der Waals surface area contributed by atoms with E-state index in [0.717, 1.165) is 22.6 Å². The van der Waals surface area contributed by atoms with E-state index in [1.54, 1.807) is 0 Å². The van der Waals surface area contributed by atoms with Crippen molar-refractivity contribution in [3.05, 3.63) is 59.9 Å². The topological polar surface area (TPSA) is 47.3 Å². The summed E-state index contributed by atoms with van der Waals surface area (Å²) in [6, 6.07) is 15.9. The van der Waals surface area contributed by atoms with Crippen LogP contribution in [0.5, 0.6) is 5.75 Å². The molecule has 4 nitrogen and oxygen atoms in total. The zero-order valence-electron chi connectivity index (χ0n) is 14.4. The van der Waals surface area contributed by atoms with Gasteiger partial charge in [0.25, 0.3) is 0 Å². The molecule has 0 unspecified atom stereocenters. The highest BCUT2D eigenvalue weighted by atomic mass is 16.5. The lowest BCUT2D eigenvalue weighted by molar-refractivity contribution is 0.0925. The predicted molar refractivity (Wildman–Crippen MR) is 96.5 cm³/mol. The summed E-state index contributed by atoms with van der Waals surface area (Å²) in [7, 11) is 0. The van der Waals surface area contributed by atoms with Gasteiger partial charge in [0.1, 0.15) is 24.3 Å². The highest BCUT2D eigenvalue weighted by molar-refractivity contribution is 5.76. The van der Waals surface area contributed by atoms with Gasteiger partial charge in [-0.2, -0.15) is 0 Å². The van der Waals surface area contributed by atoms with E-state index in [1.165, 1.54) is 5.56 Å². The molecule has 1 N–H and O–H groups in total. The first-order valence-corrected chi connectivity index (χ1v) is 8.37. The Kier molecular flexibility index (Phi) is 4.86. The molecule has 0 saturated carbocycles.